The number of halogens is 2. The lowest BCUT2D eigenvalue weighted by Gasteiger charge is -2.28. The lowest BCUT2D eigenvalue weighted by molar-refractivity contribution is 0.138. The first-order valence-corrected chi connectivity index (χ1v) is 4.39. The van der Waals surface area contributed by atoms with E-state index in [0.717, 1.165) is 32.4 Å². The second-order valence-electron chi connectivity index (χ2n) is 3.18. The van der Waals surface area contributed by atoms with E-state index in [-0.39, 0.29) is 12.4 Å². The third-order valence-corrected chi connectivity index (χ3v) is 2.13. The van der Waals surface area contributed by atoms with Crippen LogP contribution in [-0.2, 0) is 0 Å². The summed E-state index contributed by atoms with van der Waals surface area (Å²) in [6.45, 7) is 3.37. The van der Waals surface area contributed by atoms with E-state index in [0.29, 0.717) is 13.1 Å². The number of hydrogen-bond donors (Lipinski definition) is 1. The molecule has 0 aromatic heterocycles. The minimum Gasteiger partial charge on any atom is -0.330 e. The summed E-state index contributed by atoms with van der Waals surface area (Å²) in [7, 11) is 0. The molecular formula is C8H18ClFN2. The molecule has 0 aliphatic carbocycles. The number of hydrogen-bond acceptors (Lipinski definition) is 2. The van der Waals surface area contributed by atoms with E-state index in [4.69, 9.17) is 5.73 Å². The molecule has 4 heteroatoms. The predicted molar refractivity (Wildman–Crippen MR) is 51.5 cm³/mol. The molecule has 0 spiro atoms. The molecule has 0 saturated carbocycles. The van der Waals surface area contributed by atoms with Gasteiger partial charge in [0.05, 0.1) is 0 Å². The third-order valence-electron chi connectivity index (χ3n) is 2.13. The molecule has 1 heterocycles. The van der Waals surface area contributed by atoms with Crippen molar-refractivity contribution in [3.63, 3.8) is 0 Å². The monoisotopic (exact) mass is 196 g/mol. The molecule has 0 radical (unpaired) electrons. The number of alkyl halides is 1. The van der Waals surface area contributed by atoms with Gasteiger partial charge in [0.15, 0.2) is 0 Å². The van der Waals surface area contributed by atoms with Crippen molar-refractivity contribution in [3.8, 4) is 0 Å². The van der Waals surface area contributed by atoms with Gasteiger partial charge in [-0.1, -0.05) is 0 Å². The summed E-state index contributed by atoms with van der Waals surface area (Å²) < 4.78 is 12.8. The summed E-state index contributed by atoms with van der Waals surface area (Å²) in [6.07, 6.45) is 2.15. The van der Waals surface area contributed by atoms with Gasteiger partial charge in [-0.05, 0) is 38.9 Å². The van der Waals surface area contributed by atoms with Gasteiger partial charge in [0.25, 0.3) is 0 Å². The Balaban J connectivity index is 0.00000121. The standard InChI is InChI=1S/C8H17FN2.ClH/c9-8-3-1-5-11(7-8)6-2-4-10;/h8H,1-7,10H2;1H. The first-order chi connectivity index (χ1) is 5.33. The van der Waals surface area contributed by atoms with Gasteiger partial charge in [0.1, 0.15) is 6.17 Å². The lowest BCUT2D eigenvalue weighted by Crippen LogP contribution is -2.37. The highest BCUT2D eigenvalue weighted by atomic mass is 35.5. The Bertz CT molecular complexity index is 113. The molecule has 74 valence electrons. The smallest absolute Gasteiger partial charge is 0.113 e. The molecule has 1 atom stereocenters. The summed E-state index contributed by atoms with van der Waals surface area (Å²) >= 11 is 0. The highest BCUT2D eigenvalue weighted by Gasteiger charge is 2.17. The number of nitrogens with zero attached hydrogens (tertiary/aromatic N) is 1. The Morgan fingerprint density at radius 1 is 1.50 bits per heavy atom. The van der Waals surface area contributed by atoms with Gasteiger partial charge in [-0.2, -0.15) is 0 Å². The van der Waals surface area contributed by atoms with E-state index >= 15 is 0 Å². The molecule has 0 aromatic rings. The molecular weight excluding hydrogens is 179 g/mol. The molecule has 0 amide bonds. The van der Waals surface area contributed by atoms with Crippen LogP contribution in [0.1, 0.15) is 19.3 Å². The van der Waals surface area contributed by atoms with Gasteiger partial charge in [-0.25, -0.2) is 4.39 Å². The molecule has 1 fully saturated rings. The van der Waals surface area contributed by atoms with Crippen LogP contribution < -0.4 is 5.73 Å². The van der Waals surface area contributed by atoms with E-state index in [1.165, 1.54) is 0 Å². The highest BCUT2D eigenvalue weighted by Crippen LogP contribution is 2.12. The van der Waals surface area contributed by atoms with E-state index in [1.54, 1.807) is 0 Å². The van der Waals surface area contributed by atoms with Crippen molar-refractivity contribution in [3.05, 3.63) is 0 Å². The average molecular weight is 197 g/mol. The summed E-state index contributed by atoms with van der Waals surface area (Å²) in [4.78, 5) is 2.17. The van der Waals surface area contributed by atoms with E-state index in [2.05, 4.69) is 4.90 Å². The van der Waals surface area contributed by atoms with Crippen LogP contribution in [0.25, 0.3) is 0 Å². The number of rotatable bonds is 3. The fraction of sp³-hybridized carbons (Fsp3) is 1.00. The van der Waals surface area contributed by atoms with Crippen LogP contribution in [0.2, 0.25) is 0 Å². The largest absolute Gasteiger partial charge is 0.330 e. The van der Waals surface area contributed by atoms with Gasteiger partial charge in [-0.15, -0.1) is 12.4 Å². The maximum Gasteiger partial charge on any atom is 0.113 e. The van der Waals surface area contributed by atoms with Crippen LogP contribution >= 0.6 is 12.4 Å². The molecule has 12 heavy (non-hydrogen) atoms. The van der Waals surface area contributed by atoms with Crippen LogP contribution in [0.15, 0.2) is 0 Å². The summed E-state index contributed by atoms with van der Waals surface area (Å²) in [5, 5.41) is 0. The molecule has 1 aliphatic rings. The molecule has 0 aromatic carbocycles. The van der Waals surface area contributed by atoms with Gasteiger partial charge in [-0.3, -0.25) is 0 Å². The molecule has 1 saturated heterocycles. The molecule has 1 aliphatic heterocycles. The Morgan fingerprint density at radius 2 is 2.25 bits per heavy atom. The molecule has 1 rings (SSSR count). The normalized spacial score (nSPS) is 25.0. The van der Waals surface area contributed by atoms with Crippen molar-refractivity contribution in [2.24, 2.45) is 5.73 Å². The maximum absolute atomic E-state index is 12.8. The Hall–Kier alpha value is 0.140. The fourth-order valence-corrected chi connectivity index (χ4v) is 1.52. The number of nitrogens with two attached hydrogens (primary N) is 1. The van der Waals surface area contributed by atoms with Crippen molar-refractivity contribution >= 4 is 12.4 Å². The van der Waals surface area contributed by atoms with Gasteiger partial charge in [0, 0.05) is 6.54 Å². The van der Waals surface area contributed by atoms with Crippen molar-refractivity contribution < 1.29 is 4.39 Å². The minimum absolute atomic E-state index is 0. The summed E-state index contributed by atoms with van der Waals surface area (Å²) in [5.41, 5.74) is 5.36. The first-order valence-electron chi connectivity index (χ1n) is 4.39. The van der Waals surface area contributed by atoms with Crippen molar-refractivity contribution in [1.82, 2.24) is 4.90 Å². The zero-order valence-electron chi connectivity index (χ0n) is 7.34. The second kappa shape index (κ2) is 6.63. The topological polar surface area (TPSA) is 29.3 Å². The Labute approximate surface area is 79.7 Å². The summed E-state index contributed by atoms with van der Waals surface area (Å²) in [5.74, 6) is 0. The Morgan fingerprint density at radius 3 is 2.83 bits per heavy atom. The second-order valence-corrected chi connectivity index (χ2v) is 3.18. The van der Waals surface area contributed by atoms with Crippen molar-refractivity contribution in [2.75, 3.05) is 26.2 Å². The number of likely N-dealkylation sites (tertiary alicyclic amines) is 1. The Kier molecular flexibility index (Phi) is 6.71. The number of piperidine rings is 1. The van der Waals surface area contributed by atoms with Crippen LogP contribution in [0.3, 0.4) is 0 Å². The maximum atomic E-state index is 12.8. The third kappa shape index (κ3) is 4.24. The van der Waals surface area contributed by atoms with Gasteiger partial charge < -0.3 is 10.6 Å². The van der Waals surface area contributed by atoms with E-state index < -0.39 is 6.17 Å². The summed E-state index contributed by atoms with van der Waals surface area (Å²) in [6, 6.07) is 0. The minimum atomic E-state index is -0.596. The molecule has 0 bridgehead atoms. The van der Waals surface area contributed by atoms with Crippen molar-refractivity contribution in [2.45, 2.75) is 25.4 Å². The van der Waals surface area contributed by atoms with Crippen LogP contribution in [0, 0.1) is 0 Å². The molecule has 2 nitrogen and oxygen atoms in total. The van der Waals surface area contributed by atoms with E-state index in [9.17, 15) is 4.39 Å². The van der Waals surface area contributed by atoms with Gasteiger partial charge in [0.2, 0.25) is 0 Å². The van der Waals surface area contributed by atoms with Crippen LogP contribution in [-0.4, -0.2) is 37.3 Å². The zero-order chi connectivity index (χ0) is 8.10. The fourth-order valence-electron chi connectivity index (χ4n) is 1.52. The average Bonchev–Trinajstić information content (AvgIpc) is 2.01. The lowest BCUT2D eigenvalue weighted by atomic mass is 10.1. The van der Waals surface area contributed by atoms with Crippen LogP contribution in [0.4, 0.5) is 4.39 Å². The molecule has 2 N–H and O–H groups in total. The first kappa shape index (κ1) is 12.1. The van der Waals surface area contributed by atoms with Crippen molar-refractivity contribution in [1.29, 1.82) is 0 Å². The van der Waals surface area contributed by atoms with E-state index in [1.807, 2.05) is 0 Å². The molecule has 1 unspecified atom stereocenters. The highest BCUT2D eigenvalue weighted by molar-refractivity contribution is 5.85. The predicted octanol–water partition coefficient (Wildman–Crippen LogP) is 1.19. The van der Waals surface area contributed by atoms with Gasteiger partial charge >= 0.3 is 0 Å². The quantitative estimate of drug-likeness (QED) is 0.735. The van der Waals surface area contributed by atoms with Crippen LogP contribution in [0.5, 0.6) is 0 Å². The zero-order valence-corrected chi connectivity index (χ0v) is 8.15. The SMILES string of the molecule is Cl.NCCCN1CCCC(F)C1.